The van der Waals surface area contributed by atoms with Gasteiger partial charge in [-0.2, -0.15) is 0 Å². The number of likely N-dealkylation sites (tertiary alicyclic amines) is 1. The van der Waals surface area contributed by atoms with Crippen LogP contribution in [0, 0.1) is 0 Å². The number of hydrogen-bond donors (Lipinski definition) is 5. The minimum absolute atomic E-state index is 0.736. The smallest absolute Gasteiger partial charge is 0.414 e. The Morgan fingerprint density at radius 3 is 1.71 bits per heavy atom. The summed E-state index contributed by atoms with van der Waals surface area (Å²) in [6, 6.07) is 11.5. The van der Waals surface area contributed by atoms with Crippen molar-refractivity contribution in [1.82, 2.24) is 10.2 Å². The highest BCUT2D eigenvalue weighted by atomic mass is 16.4. The van der Waals surface area contributed by atoms with E-state index >= 15 is 0 Å². The Morgan fingerprint density at radius 1 is 0.893 bits per heavy atom. The number of nitrogens with zero attached hydrogens (tertiary/aromatic N) is 1. The monoisotopic (exact) mass is 398 g/mol. The molecule has 1 aromatic carbocycles. The summed E-state index contributed by atoms with van der Waals surface area (Å²) < 4.78 is 0. The molecule has 0 amide bonds. The van der Waals surface area contributed by atoms with Gasteiger partial charge in [0.25, 0.3) is 0 Å². The first kappa shape index (κ1) is 25.0. The van der Waals surface area contributed by atoms with E-state index in [4.69, 9.17) is 39.6 Å². The van der Waals surface area contributed by atoms with Gasteiger partial charge in [0.1, 0.15) is 0 Å². The summed E-state index contributed by atoms with van der Waals surface area (Å²) in [5.74, 6) is -7.30. The molecule has 10 heteroatoms. The molecule has 1 heterocycles. The molecule has 0 aliphatic carbocycles. The van der Waals surface area contributed by atoms with E-state index in [1.165, 1.54) is 31.5 Å². The molecular formula is C18H26N2O8. The highest BCUT2D eigenvalue weighted by molar-refractivity contribution is 6.27. The summed E-state index contributed by atoms with van der Waals surface area (Å²) in [5.41, 5.74) is 1.43. The summed E-state index contributed by atoms with van der Waals surface area (Å²) in [7, 11) is 2.21. The molecule has 2 rings (SSSR count). The van der Waals surface area contributed by atoms with Crippen LogP contribution in [-0.2, 0) is 25.6 Å². The van der Waals surface area contributed by atoms with Gasteiger partial charge in [0.05, 0.1) is 0 Å². The highest BCUT2D eigenvalue weighted by Crippen LogP contribution is 2.08. The van der Waals surface area contributed by atoms with Crippen molar-refractivity contribution in [2.24, 2.45) is 0 Å². The summed E-state index contributed by atoms with van der Waals surface area (Å²) in [4.78, 5) is 38.8. The van der Waals surface area contributed by atoms with Crippen molar-refractivity contribution in [2.45, 2.75) is 25.3 Å². The van der Waals surface area contributed by atoms with Crippen LogP contribution in [0.2, 0.25) is 0 Å². The van der Waals surface area contributed by atoms with Gasteiger partial charge >= 0.3 is 23.9 Å². The van der Waals surface area contributed by atoms with E-state index < -0.39 is 23.9 Å². The van der Waals surface area contributed by atoms with E-state index in [1.807, 2.05) is 0 Å². The predicted octanol–water partition coefficient (Wildman–Crippen LogP) is 0.224. The van der Waals surface area contributed by atoms with Crippen molar-refractivity contribution in [2.75, 3.05) is 26.7 Å². The maximum absolute atomic E-state index is 9.10. The summed E-state index contributed by atoms with van der Waals surface area (Å²) in [5, 5.41) is 33.2. The molecule has 0 saturated carbocycles. The average Bonchev–Trinajstić information content (AvgIpc) is 2.65. The topological polar surface area (TPSA) is 164 Å². The molecule has 0 bridgehead atoms. The second-order valence-electron chi connectivity index (χ2n) is 5.99. The van der Waals surface area contributed by atoms with E-state index in [0.29, 0.717) is 0 Å². The molecule has 5 N–H and O–H groups in total. The van der Waals surface area contributed by atoms with Crippen molar-refractivity contribution in [3.05, 3.63) is 35.9 Å². The lowest BCUT2D eigenvalue weighted by Crippen LogP contribution is -2.41. The Kier molecular flexibility index (Phi) is 12.6. The van der Waals surface area contributed by atoms with Gasteiger partial charge in [-0.05, 0) is 51.5 Å². The van der Waals surface area contributed by atoms with Gasteiger partial charge in [0, 0.05) is 6.04 Å². The second kappa shape index (κ2) is 14.1. The highest BCUT2D eigenvalue weighted by Gasteiger charge is 2.15. The third-order valence-electron chi connectivity index (χ3n) is 3.77. The van der Waals surface area contributed by atoms with E-state index in [1.54, 1.807) is 0 Å². The van der Waals surface area contributed by atoms with Gasteiger partial charge in [-0.15, -0.1) is 0 Å². The predicted molar refractivity (Wildman–Crippen MR) is 99.2 cm³/mol. The second-order valence-corrected chi connectivity index (χ2v) is 5.99. The SMILES string of the molecule is CN1CCC(NCCc2ccccc2)CC1.O=C(O)C(=O)O.O=C(O)C(=O)O. The lowest BCUT2D eigenvalue weighted by molar-refractivity contribution is -0.159. The Hall–Kier alpha value is -2.98. The fourth-order valence-electron chi connectivity index (χ4n) is 2.28. The van der Waals surface area contributed by atoms with Crippen LogP contribution in [0.25, 0.3) is 0 Å². The molecule has 156 valence electrons. The number of carboxylic acids is 4. The Labute approximate surface area is 162 Å². The molecule has 1 aliphatic rings. The third kappa shape index (κ3) is 13.3. The Bertz CT molecular complexity index is 580. The van der Waals surface area contributed by atoms with Crippen LogP contribution >= 0.6 is 0 Å². The van der Waals surface area contributed by atoms with E-state index in [9.17, 15) is 0 Å². The van der Waals surface area contributed by atoms with Crippen molar-refractivity contribution >= 4 is 23.9 Å². The number of benzene rings is 1. The van der Waals surface area contributed by atoms with Gasteiger partial charge in [-0.1, -0.05) is 30.3 Å². The number of rotatable bonds is 4. The van der Waals surface area contributed by atoms with Gasteiger partial charge in [0.2, 0.25) is 0 Å². The Morgan fingerprint density at radius 2 is 1.32 bits per heavy atom. The number of aliphatic carboxylic acids is 4. The molecule has 28 heavy (non-hydrogen) atoms. The summed E-state index contributed by atoms with van der Waals surface area (Å²) in [6.45, 7) is 3.59. The minimum Gasteiger partial charge on any atom is -0.473 e. The zero-order valence-electron chi connectivity index (χ0n) is 15.6. The zero-order chi connectivity index (χ0) is 21.5. The number of carboxylic acid groups (broad SMARTS) is 4. The summed E-state index contributed by atoms with van der Waals surface area (Å²) in [6.07, 6.45) is 3.74. The zero-order valence-corrected chi connectivity index (χ0v) is 15.6. The maximum Gasteiger partial charge on any atom is 0.414 e. The van der Waals surface area contributed by atoms with Crippen molar-refractivity contribution in [3.63, 3.8) is 0 Å². The van der Waals surface area contributed by atoms with Crippen LogP contribution in [0.15, 0.2) is 30.3 Å². The number of piperidine rings is 1. The van der Waals surface area contributed by atoms with Crippen molar-refractivity contribution in [3.8, 4) is 0 Å². The molecule has 0 spiro atoms. The molecule has 1 aromatic rings. The first-order valence-electron chi connectivity index (χ1n) is 8.51. The fraction of sp³-hybridized carbons (Fsp3) is 0.444. The molecule has 0 atom stereocenters. The first-order chi connectivity index (χ1) is 13.1. The van der Waals surface area contributed by atoms with Crippen LogP contribution in [-0.4, -0.2) is 81.9 Å². The molecule has 1 saturated heterocycles. The van der Waals surface area contributed by atoms with E-state index in [-0.39, 0.29) is 0 Å². The minimum atomic E-state index is -1.82. The largest absolute Gasteiger partial charge is 0.473 e. The van der Waals surface area contributed by atoms with Gasteiger partial charge in [0.15, 0.2) is 0 Å². The lowest BCUT2D eigenvalue weighted by Gasteiger charge is -2.29. The quantitative estimate of drug-likeness (QED) is 0.443. The van der Waals surface area contributed by atoms with E-state index in [2.05, 4.69) is 47.6 Å². The first-order valence-corrected chi connectivity index (χ1v) is 8.51. The number of carbonyl (C=O) groups is 4. The normalized spacial score (nSPS) is 13.9. The molecule has 0 unspecified atom stereocenters. The van der Waals surface area contributed by atoms with Crippen LogP contribution in [0.4, 0.5) is 0 Å². The standard InChI is InChI=1S/C14H22N2.2C2H2O4/c1-16-11-8-14(9-12-16)15-10-7-13-5-3-2-4-6-13;2*3-1(4)2(5)6/h2-6,14-15H,7-12H2,1H3;2*(H,3,4)(H,5,6). The number of hydrogen-bond acceptors (Lipinski definition) is 6. The van der Waals surface area contributed by atoms with Crippen LogP contribution in [0.5, 0.6) is 0 Å². The van der Waals surface area contributed by atoms with Gasteiger partial charge in [-0.25, -0.2) is 19.2 Å². The van der Waals surface area contributed by atoms with Crippen molar-refractivity contribution in [1.29, 1.82) is 0 Å². The molecule has 10 nitrogen and oxygen atoms in total. The van der Waals surface area contributed by atoms with E-state index in [0.717, 1.165) is 19.0 Å². The molecule has 1 fully saturated rings. The molecule has 1 aliphatic heterocycles. The maximum atomic E-state index is 9.10. The lowest BCUT2D eigenvalue weighted by atomic mass is 10.1. The Balaban J connectivity index is 0.000000505. The molecular weight excluding hydrogens is 372 g/mol. The van der Waals surface area contributed by atoms with Crippen molar-refractivity contribution < 1.29 is 39.6 Å². The van der Waals surface area contributed by atoms with Crippen LogP contribution < -0.4 is 5.32 Å². The molecule has 0 aromatic heterocycles. The third-order valence-corrected chi connectivity index (χ3v) is 3.77. The van der Waals surface area contributed by atoms with Crippen LogP contribution in [0.3, 0.4) is 0 Å². The average molecular weight is 398 g/mol. The molecule has 0 radical (unpaired) electrons. The fourth-order valence-corrected chi connectivity index (χ4v) is 2.28. The van der Waals surface area contributed by atoms with Gasteiger partial charge in [-0.3, -0.25) is 0 Å². The van der Waals surface area contributed by atoms with Crippen LogP contribution in [0.1, 0.15) is 18.4 Å². The number of nitrogens with one attached hydrogen (secondary N) is 1. The van der Waals surface area contributed by atoms with Gasteiger partial charge < -0.3 is 30.6 Å². The summed E-state index contributed by atoms with van der Waals surface area (Å²) >= 11 is 0.